The Morgan fingerprint density at radius 2 is 1.84 bits per heavy atom. The first kappa shape index (κ1) is 23.2. The number of hydrogen-bond acceptors (Lipinski definition) is 3. The van der Waals surface area contributed by atoms with Crippen molar-refractivity contribution in [2.24, 2.45) is 5.92 Å². The van der Waals surface area contributed by atoms with Gasteiger partial charge in [0.2, 0.25) is 11.8 Å². The number of nitrogens with zero attached hydrogens (tertiary/aromatic N) is 1. The molecule has 1 rings (SSSR count). The summed E-state index contributed by atoms with van der Waals surface area (Å²) in [5.41, 5.74) is -1.24. The van der Waals surface area contributed by atoms with Gasteiger partial charge in [-0.15, -0.1) is 12.4 Å². The maximum Gasteiger partial charge on any atom is 0.418 e. The number of carbonyl (C=O) groups excluding carboxylic acids is 2. The normalized spacial score (nSPS) is 12.1. The molecule has 2 N–H and O–H groups in total. The fourth-order valence-electron chi connectivity index (χ4n) is 2.25. The summed E-state index contributed by atoms with van der Waals surface area (Å²) < 4.78 is 38.8. The molecule has 0 radical (unpaired) electrons. The number of benzene rings is 1. The molecule has 0 aliphatic rings. The quantitative estimate of drug-likeness (QED) is 0.763. The number of rotatable bonds is 7. The molecule has 0 bridgehead atoms. The van der Waals surface area contributed by atoms with Crippen molar-refractivity contribution in [1.29, 1.82) is 0 Å². The molecule has 0 aliphatic heterocycles. The topological polar surface area (TPSA) is 61.4 Å². The molecule has 1 unspecified atom stereocenters. The maximum absolute atomic E-state index is 12.9. The zero-order valence-electron chi connectivity index (χ0n) is 14.3. The lowest BCUT2D eigenvalue weighted by Gasteiger charge is -2.24. The number of likely N-dealkylation sites (N-methyl/N-ethyl adjacent to an activating group) is 1. The molecule has 0 saturated carbocycles. The minimum absolute atomic E-state index is 0. The highest BCUT2D eigenvalue weighted by Crippen LogP contribution is 2.34. The van der Waals surface area contributed by atoms with Crippen LogP contribution in [-0.2, 0) is 15.8 Å². The molecular weight excluding hydrogens is 359 g/mol. The summed E-state index contributed by atoms with van der Waals surface area (Å²) in [7, 11) is 1.71. The SMILES string of the molecule is CCN(CC(=O)Nc1ccccc1C(F)(F)F)C(=O)C(C)CNC.Cl. The molecule has 142 valence electrons. The Bertz CT molecular complexity index is 582. The van der Waals surface area contributed by atoms with E-state index < -0.39 is 17.6 Å². The van der Waals surface area contributed by atoms with Crippen LogP contribution in [0.4, 0.5) is 18.9 Å². The van der Waals surface area contributed by atoms with Gasteiger partial charge in [0.05, 0.1) is 17.8 Å². The third-order valence-electron chi connectivity index (χ3n) is 3.47. The number of carbonyl (C=O) groups is 2. The molecule has 0 aliphatic carbocycles. The Balaban J connectivity index is 0.00000576. The summed E-state index contributed by atoms with van der Waals surface area (Å²) in [5.74, 6) is -1.23. The van der Waals surface area contributed by atoms with Crippen LogP contribution in [0.1, 0.15) is 19.4 Å². The van der Waals surface area contributed by atoms with E-state index in [-0.39, 0.29) is 36.5 Å². The number of amides is 2. The van der Waals surface area contributed by atoms with Crippen molar-refractivity contribution in [3.8, 4) is 0 Å². The lowest BCUT2D eigenvalue weighted by atomic mass is 10.1. The van der Waals surface area contributed by atoms with Crippen molar-refractivity contribution in [3.05, 3.63) is 29.8 Å². The number of nitrogens with one attached hydrogen (secondary N) is 2. The van der Waals surface area contributed by atoms with Gasteiger partial charge in [0.15, 0.2) is 0 Å². The molecule has 0 saturated heterocycles. The van der Waals surface area contributed by atoms with Crippen molar-refractivity contribution in [2.45, 2.75) is 20.0 Å². The monoisotopic (exact) mass is 381 g/mol. The number of para-hydroxylation sites is 1. The Labute approximate surface area is 151 Å². The van der Waals surface area contributed by atoms with E-state index in [1.807, 2.05) is 0 Å². The fourth-order valence-corrected chi connectivity index (χ4v) is 2.25. The van der Waals surface area contributed by atoms with E-state index in [0.717, 1.165) is 6.07 Å². The number of halogens is 4. The third-order valence-corrected chi connectivity index (χ3v) is 3.47. The molecule has 25 heavy (non-hydrogen) atoms. The smallest absolute Gasteiger partial charge is 0.333 e. The molecule has 0 spiro atoms. The van der Waals surface area contributed by atoms with Gasteiger partial charge in [-0.2, -0.15) is 13.2 Å². The summed E-state index contributed by atoms with van der Waals surface area (Å²) in [6.45, 7) is 3.88. The largest absolute Gasteiger partial charge is 0.418 e. The number of anilines is 1. The average molecular weight is 382 g/mol. The van der Waals surface area contributed by atoms with Gasteiger partial charge in [0.1, 0.15) is 0 Å². The van der Waals surface area contributed by atoms with E-state index in [4.69, 9.17) is 0 Å². The molecule has 0 fully saturated rings. The van der Waals surface area contributed by atoms with Crippen molar-refractivity contribution in [3.63, 3.8) is 0 Å². The highest BCUT2D eigenvalue weighted by Gasteiger charge is 2.33. The number of alkyl halides is 3. The average Bonchev–Trinajstić information content (AvgIpc) is 2.51. The maximum atomic E-state index is 12.9. The van der Waals surface area contributed by atoms with Gasteiger partial charge >= 0.3 is 6.18 Å². The minimum atomic E-state index is -4.56. The van der Waals surface area contributed by atoms with Gasteiger partial charge in [-0.1, -0.05) is 19.1 Å². The molecule has 9 heteroatoms. The van der Waals surface area contributed by atoms with Crippen LogP contribution in [0.15, 0.2) is 24.3 Å². The van der Waals surface area contributed by atoms with Crippen molar-refractivity contribution in [1.82, 2.24) is 10.2 Å². The molecule has 0 heterocycles. The van der Waals surface area contributed by atoms with E-state index in [0.29, 0.717) is 13.1 Å². The summed E-state index contributed by atoms with van der Waals surface area (Å²) in [6.07, 6.45) is -4.56. The van der Waals surface area contributed by atoms with Crippen LogP contribution >= 0.6 is 12.4 Å². The zero-order chi connectivity index (χ0) is 18.3. The van der Waals surface area contributed by atoms with Crippen LogP contribution in [-0.4, -0.2) is 43.4 Å². The van der Waals surface area contributed by atoms with Crippen LogP contribution in [0.3, 0.4) is 0 Å². The standard InChI is InChI=1S/C16H22F3N3O2.ClH/c1-4-22(15(24)11(2)9-20-3)10-14(23)21-13-8-6-5-7-12(13)16(17,18)19;/h5-8,11,20H,4,9-10H2,1-3H3,(H,21,23);1H. The second-order valence-corrected chi connectivity index (χ2v) is 5.40. The molecule has 5 nitrogen and oxygen atoms in total. The molecule has 1 aromatic rings. The third kappa shape index (κ3) is 6.91. The molecule has 0 aromatic heterocycles. The molecule has 1 aromatic carbocycles. The summed E-state index contributed by atoms with van der Waals surface area (Å²) >= 11 is 0. The van der Waals surface area contributed by atoms with E-state index in [1.54, 1.807) is 20.9 Å². The molecular formula is C16H23ClF3N3O2. The van der Waals surface area contributed by atoms with E-state index >= 15 is 0 Å². The van der Waals surface area contributed by atoms with Crippen LogP contribution in [0.25, 0.3) is 0 Å². The van der Waals surface area contributed by atoms with Crippen molar-refractivity contribution in [2.75, 3.05) is 32.0 Å². The number of hydrogen-bond donors (Lipinski definition) is 2. The fraction of sp³-hybridized carbons (Fsp3) is 0.500. The van der Waals surface area contributed by atoms with Gasteiger partial charge in [-0.05, 0) is 26.1 Å². The Morgan fingerprint density at radius 3 is 2.36 bits per heavy atom. The Kier molecular flexibility index (Phi) is 9.51. The van der Waals surface area contributed by atoms with Crippen LogP contribution in [0, 0.1) is 5.92 Å². The van der Waals surface area contributed by atoms with E-state index in [9.17, 15) is 22.8 Å². The lowest BCUT2D eigenvalue weighted by Crippen LogP contribution is -2.42. The summed E-state index contributed by atoms with van der Waals surface area (Å²) in [4.78, 5) is 25.6. The van der Waals surface area contributed by atoms with E-state index in [2.05, 4.69) is 10.6 Å². The first-order valence-corrected chi connectivity index (χ1v) is 7.60. The second kappa shape index (κ2) is 10.2. The second-order valence-electron chi connectivity index (χ2n) is 5.40. The Morgan fingerprint density at radius 1 is 1.24 bits per heavy atom. The van der Waals surface area contributed by atoms with Gasteiger partial charge < -0.3 is 15.5 Å². The van der Waals surface area contributed by atoms with Crippen LogP contribution < -0.4 is 10.6 Å². The summed E-state index contributed by atoms with van der Waals surface area (Å²) in [6, 6.07) is 4.73. The van der Waals surface area contributed by atoms with E-state index in [1.165, 1.54) is 23.1 Å². The van der Waals surface area contributed by atoms with Gasteiger partial charge in [0, 0.05) is 19.0 Å². The Hall–Kier alpha value is -1.80. The first-order chi connectivity index (χ1) is 11.2. The van der Waals surface area contributed by atoms with Crippen LogP contribution in [0.5, 0.6) is 0 Å². The molecule has 2 amide bonds. The van der Waals surface area contributed by atoms with Crippen molar-refractivity contribution >= 4 is 29.9 Å². The van der Waals surface area contributed by atoms with Gasteiger partial charge in [-0.3, -0.25) is 9.59 Å². The first-order valence-electron chi connectivity index (χ1n) is 7.60. The van der Waals surface area contributed by atoms with Crippen LogP contribution in [0.2, 0.25) is 0 Å². The van der Waals surface area contributed by atoms with Gasteiger partial charge in [0.25, 0.3) is 0 Å². The highest BCUT2D eigenvalue weighted by molar-refractivity contribution is 5.95. The predicted molar refractivity (Wildman–Crippen MR) is 92.7 cm³/mol. The molecule has 1 atom stereocenters. The highest BCUT2D eigenvalue weighted by atomic mass is 35.5. The zero-order valence-corrected chi connectivity index (χ0v) is 15.1. The summed E-state index contributed by atoms with van der Waals surface area (Å²) in [5, 5.41) is 5.11. The predicted octanol–water partition coefficient (Wildman–Crippen LogP) is 2.77. The minimum Gasteiger partial charge on any atom is -0.333 e. The lowest BCUT2D eigenvalue weighted by molar-refractivity contribution is -0.138. The van der Waals surface area contributed by atoms with Gasteiger partial charge in [-0.25, -0.2) is 0 Å². The van der Waals surface area contributed by atoms with Crippen molar-refractivity contribution < 1.29 is 22.8 Å².